The molecule has 5 rings (SSSR count). The molecule has 2 aromatic carbocycles. The molecule has 1 atom stereocenters. The number of aliphatic hydroxyl groups is 1. The minimum absolute atomic E-state index is 0.262. The molecule has 0 saturated carbocycles. The number of nitrogens with zero attached hydrogens (tertiary/aromatic N) is 5. The molecule has 8 nitrogen and oxygen atoms in total. The molecule has 1 aliphatic heterocycles. The molecular weight excluding hydrogens is 474 g/mol. The molecule has 190 valence electrons. The lowest BCUT2D eigenvalue weighted by Crippen LogP contribution is -2.48. The smallest absolute Gasteiger partial charge is 0.241 e. The molecule has 0 aliphatic carbocycles. The van der Waals surface area contributed by atoms with Crippen molar-refractivity contribution >= 4 is 21.6 Å². The maximum Gasteiger partial charge on any atom is 0.241 e. The topological polar surface area (TPSA) is 87.8 Å². The molecule has 0 radical (unpaired) electrons. The van der Waals surface area contributed by atoms with E-state index in [0.717, 1.165) is 52.7 Å². The molecule has 4 aromatic rings. The lowest BCUT2D eigenvalue weighted by molar-refractivity contribution is 0.0426. The molecule has 1 N–H and O–H groups in total. The normalized spacial score (nSPS) is 16.1. The first kappa shape index (κ1) is 24.8. The average molecular weight is 508 g/mol. The van der Waals surface area contributed by atoms with Crippen molar-refractivity contribution in [1.82, 2.24) is 24.9 Å². The Kier molecular flexibility index (Phi) is 7.62. The summed E-state index contributed by atoms with van der Waals surface area (Å²) in [5.41, 5.74) is 3.21. The Hall–Kier alpha value is -2.85. The molecule has 9 heteroatoms. The number of β-amino-alcohol motifs (C(OH)–C–C–N with tert-alkyl or cyclic N) is 1. The largest absolute Gasteiger partial charge is 0.491 e. The summed E-state index contributed by atoms with van der Waals surface area (Å²) >= 11 is 1.67. The SMILES string of the molecule is Cc1nc2cc(OC[C@@H](O)CN3CCN(Cc4nc(-c5ccc(C(C)C)cc5)no4)CC3)ccc2s1. The van der Waals surface area contributed by atoms with Crippen LogP contribution in [-0.4, -0.2) is 75.5 Å². The van der Waals surface area contributed by atoms with E-state index in [1.807, 2.05) is 25.1 Å². The third kappa shape index (κ3) is 6.10. The van der Waals surface area contributed by atoms with Crippen molar-refractivity contribution in [2.75, 3.05) is 39.3 Å². The van der Waals surface area contributed by atoms with Crippen molar-refractivity contribution in [1.29, 1.82) is 0 Å². The summed E-state index contributed by atoms with van der Waals surface area (Å²) in [5, 5.41) is 15.7. The number of benzene rings is 2. The highest BCUT2D eigenvalue weighted by molar-refractivity contribution is 7.18. The second-order valence-electron chi connectivity index (χ2n) is 9.69. The number of thiazole rings is 1. The first-order valence-corrected chi connectivity index (χ1v) is 13.3. The summed E-state index contributed by atoms with van der Waals surface area (Å²) in [7, 11) is 0. The lowest BCUT2D eigenvalue weighted by Gasteiger charge is -2.34. The predicted octanol–water partition coefficient (Wildman–Crippen LogP) is 4.34. The number of aryl methyl sites for hydroxylation is 1. The summed E-state index contributed by atoms with van der Waals surface area (Å²) in [6.45, 7) is 11.4. The van der Waals surface area contributed by atoms with Crippen LogP contribution in [0, 0.1) is 6.92 Å². The number of hydrogen-bond acceptors (Lipinski definition) is 9. The standard InChI is InChI=1S/C27H33N5O3S/c1-18(2)20-4-6-21(7-5-20)27-29-26(35-30-27)16-32-12-10-31(11-13-32)15-22(33)17-34-23-8-9-25-24(14-23)28-19(3)36-25/h4-9,14,18,22,33H,10-13,15-17H2,1-3H3/t22-/m0/s1. The molecular formula is C27H33N5O3S. The number of aromatic nitrogens is 3. The maximum atomic E-state index is 10.5. The van der Waals surface area contributed by atoms with Crippen molar-refractivity contribution in [2.45, 2.75) is 39.3 Å². The maximum absolute atomic E-state index is 10.5. The minimum atomic E-state index is -0.551. The summed E-state index contributed by atoms with van der Waals surface area (Å²) in [4.78, 5) is 13.7. The van der Waals surface area contributed by atoms with Gasteiger partial charge in [0.1, 0.15) is 18.5 Å². The lowest BCUT2D eigenvalue weighted by atomic mass is 10.0. The van der Waals surface area contributed by atoms with Gasteiger partial charge in [0.2, 0.25) is 11.7 Å². The van der Waals surface area contributed by atoms with E-state index in [2.05, 4.69) is 63.0 Å². The van der Waals surface area contributed by atoms with Gasteiger partial charge in [-0.3, -0.25) is 9.80 Å². The monoisotopic (exact) mass is 507 g/mol. The third-order valence-electron chi connectivity index (χ3n) is 6.50. The van der Waals surface area contributed by atoms with E-state index in [-0.39, 0.29) is 6.61 Å². The Morgan fingerprint density at radius 3 is 2.53 bits per heavy atom. The molecule has 2 aromatic heterocycles. The summed E-state index contributed by atoms with van der Waals surface area (Å²) < 4.78 is 12.5. The van der Waals surface area contributed by atoms with Gasteiger partial charge in [0, 0.05) is 44.4 Å². The zero-order valence-electron chi connectivity index (χ0n) is 21.1. The molecule has 1 fully saturated rings. The number of fused-ring (bicyclic) bond motifs is 1. The average Bonchev–Trinajstić information content (AvgIpc) is 3.49. The number of ether oxygens (including phenoxy) is 1. The highest BCUT2D eigenvalue weighted by Gasteiger charge is 2.21. The van der Waals surface area contributed by atoms with E-state index in [1.54, 1.807) is 11.3 Å². The first-order chi connectivity index (χ1) is 17.4. The summed E-state index contributed by atoms with van der Waals surface area (Å²) in [5.74, 6) is 2.50. The van der Waals surface area contributed by atoms with Crippen LogP contribution in [0.15, 0.2) is 47.0 Å². The zero-order chi connectivity index (χ0) is 25.1. The molecule has 3 heterocycles. The van der Waals surface area contributed by atoms with Gasteiger partial charge >= 0.3 is 0 Å². The Labute approximate surface area is 215 Å². The molecule has 1 aliphatic rings. The van der Waals surface area contributed by atoms with E-state index in [9.17, 15) is 5.11 Å². The van der Waals surface area contributed by atoms with Crippen LogP contribution in [-0.2, 0) is 6.54 Å². The van der Waals surface area contributed by atoms with E-state index in [0.29, 0.717) is 30.7 Å². The van der Waals surface area contributed by atoms with Crippen molar-refractivity contribution < 1.29 is 14.4 Å². The number of hydrogen-bond donors (Lipinski definition) is 1. The quantitative estimate of drug-likeness (QED) is 0.358. The van der Waals surface area contributed by atoms with Crippen LogP contribution in [0.25, 0.3) is 21.6 Å². The molecule has 1 saturated heterocycles. The van der Waals surface area contributed by atoms with Crippen LogP contribution in [0.1, 0.15) is 36.2 Å². The van der Waals surface area contributed by atoms with Gasteiger partial charge in [-0.1, -0.05) is 43.3 Å². The molecule has 0 bridgehead atoms. The van der Waals surface area contributed by atoms with E-state index >= 15 is 0 Å². The van der Waals surface area contributed by atoms with Gasteiger partial charge in [0.05, 0.1) is 21.8 Å². The van der Waals surface area contributed by atoms with E-state index in [4.69, 9.17) is 9.26 Å². The zero-order valence-corrected chi connectivity index (χ0v) is 21.9. The van der Waals surface area contributed by atoms with Crippen LogP contribution in [0.2, 0.25) is 0 Å². The second kappa shape index (κ2) is 11.0. The second-order valence-corrected chi connectivity index (χ2v) is 10.9. The van der Waals surface area contributed by atoms with Gasteiger partial charge in [-0.15, -0.1) is 11.3 Å². The van der Waals surface area contributed by atoms with E-state index in [1.165, 1.54) is 5.56 Å². The van der Waals surface area contributed by atoms with Gasteiger partial charge in [0.25, 0.3) is 0 Å². The number of piperazine rings is 1. The fourth-order valence-electron chi connectivity index (χ4n) is 4.43. The molecule has 36 heavy (non-hydrogen) atoms. The molecule has 0 spiro atoms. The van der Waals surface area contributed by atoms with Crippen molar-refractivity contribution in [3.63, 3.8) is 0 Å². The van der Waals surface area contributed by atoms with Crippen molar-refractivity contribution in [3.8, 4) is 17.1 Å². The predicted molar refractivity (Wildman–Crippen MR) is 141 cm³/mol. The number of rotatable bonds is 9. The minimum Gasteiger partial charge on any atom is -0.491 e. The summed E-state index contributed by atoms with van der Waals surface area (Å²) in [6, 6.07) is 14.2. The third-order valence-corrected chi connectivity index (χ3v) is 7.46. The van der Waals surface area contributed by atoms with Gasteiger partial charge in [-0.25, -0.2) is 4.98 Å². The Bertz CT molecular complexity index is 1280. The van der Waals surface area contributed by atoms with Crippen LogP contribution in [0.4, 0.5) is 0 Å². The molecule has 0 amide bonds. The van der Waals surface area contributed by atoms with Crippen LogP contribution in [0.3, 0.4) is 0 Å². The summed E-state index contributed by atoms with van der Waals surface area (Å²) in [6.07, 6.45) is -0.551. The Morgan fingerprint density at radius 1 is 1.03 bits per heavy atom. The Morgan fingerprint density at radius 2 is 1.78 bits per heavy atom. The van der Waals surface area contributed by atoms with Crippen LogP contribution < -0.4 is 4.74 Å². The van der Waals surface area contributed by atoms with Crippen LogP contribution >= 0.6 is 11.3 Å². The molecule has 0 unspecified atom stereocenters. The van der Waals surface area contributed by atoms with Crippen LogP contribution in [0.5, 0.6) is 5.75 Å². The Balaban J connectivity index is 1.05. The fourth-order valence-corrected chi connectivity index (χ4v) is 5.24. The van der Waals surface area contributed by atoms with Gasteiger partial charge in [-0.05, 0) is 30.5 Å². The van der Waals surface area contributed by atoms with Gasteiger partial charge in [0.15, 0.2) is 0 Å². The van der Waals surface area contributed by atoms with Gasteiger partial charge < -0.3 is 14.4 Å². The van der Waals surface area contributed by atoms with E-state index < -0.39 is 6.10 Å². The van der Waals surface area contributed by atoms with Gasteiger partial charge in [-0.2, -0.15) is 4.98 Å². The van der Waals surface area contributed by atoms with Crippen molar-refractivity contribution in [2.24, 2.45) is 0 Å². The number of aliphatic hydroxyl groups excluding tert-OH is 1. The fraction of sp³-hybridized carbons (Fsp3) is 0.444. The van der Waals surface area contributed by atoms with Crippen molar-refractivity contribution in [3.05, 3.63) is 58.9 Å². The highest BCUT2D eigenvalue weighted by atomic mass is 32.1. The highest BCUT2D eigenvalue weighted by Crippen LogP contribution is 2.26. The first-order valence-electron chi connectivity index (χ1n) is 12.5.